The summed E-state index contributed by atoms with van der Waals surface area (Å²) in [4.78, 5) is 34.1. The fraction of sp³-hybridized carbons (Fsp3) is 0.389. The fourth-order valence-corrected chi connectivity index (χ4v) is 3.51. The largest absolute Gasteiger partial charge is 0.488 e. The van der Waals surface area contributed by atoms with Gasteiger partial charge < -0.3 is 9.72 Å². The second-order valence-electron chi connectivity index (χ2n) is 6.53. The van der Waals surface area contributed by atoms with Gasteiger partial charge in [0.05, 0.1) is 24.9 Å². The normalized spacial score (nSPS) is 11.4. The summed E-state index contributed by atoms with van der Waals surface area (Å²) in [6, 6.07) is 1.47. The van der Waals surface area contributed by atoms with Crippen molar-refractivity contribution in [2.75, 3.05) is 6.61 Å². The van der Waals surface area contributed by atoms with E-state index in [-0.39, 0.29) is 17.5 Å². The number of H-pyrrole nitrogens is 1. The van der Waals surface area contributed by atoms with Crippen LogP contribution in [0.3, 0.4) is 0 Å². The summed E-state index contributed by atoms with van der Waals surface area (Å²) >= 11 is 1.52. The lowest BCUT2D eigenvalue weighted by Crippen LogP contribution is -2.22. The van der Waals surface area contributed by atoms with Gasteiger partial charge in [-0.3, -0.25) is 14.2 Å². The molecule has 0 saturated carbocycles. The van der Waals surface area contributed by atoms with E-state index in [2.05, 4.69) is 9.97 Å². The van der Waals surface area contributed by atoms with Gasteiger partial charge >= 0.3 is 0 Å². The molecule has 3 aromatic heterocycles. The molecule has 0 radical (unpaired) electrons. The van der Waals surface area contributed by atoms with Crippen LogP contribution >= 0.6 is 11.3 Å². The molecule has 0 aromatic carbocycles. The van der Waals surface area contributed by atoms with Crippen LogP contribution in [-0.2, 0) is 6.54 Å². The Balaban J connectivity index is 1.90. The number of aromatic amines is 1. The van der Waals surface area contributed by atoms with Crippen molar-refractivity contribution < 1.29 is 4.74 Å². The van der Waals surface area contributed by atoms with Gasteiger partial charge in [-0.25, -0.2) is 4.98 Å². The molecule has 0 saturated heterocycles. The van der Waals surface area contributed by atoms with E-state index < -0.39 is 0 Å². The van der Waals surface area contributed by atoms with Gasteiger partial charge in [0.1, 0.15) is 4.83 Å². The second-order valence-corrected chi connectivity index (χ2v) is 7.74. The number of aromatic nitrogens is 3. The number of hydrogen-bond acceptors (Lipinski definition) is 5. The van der Waals surface area contributed by atoms with Gasteiger partial charge in [0, 0.05) is 22.8 Å². The second kappa shape index (κ2) is 6.84. The van der Waals surface area contributed by atoms with Gasteiger partial charge in [-0.1, -0.05) is 13.8 Å². The summed E-state index contributed by atoms with van der Waals surface area (Å²) in [5.41, 5.74) is 1.32. The predicted octanol–water partition coefficient (Wildman–Crippen LogP) is 2.85. The summed E-state index contributed by atoms with van der Waals surface area (Å²) in [5.74, 6) is 0.635. The minimum Gasteiger partial charge on any atom is -0.488 e. The molecular formula is C18H21N3O3S. The minimum atomic E-state index is -0.195. The predicted molar refractivity (Wildman–Crippen MR) is 99.9 cm³/mol. The van der Waals surface area contributed by atoms with E-state index in [0.717, 1.165) is 15.3 Å². The van der Waals surface area contributed by atoms with Crippen molar-refractivity contribution in [1.82, 2.24) is 14.5 Å². The Morgan fingerprint density at radius 1 is 1.32 bits per heavy atom. The molecule has 0 bridgehead atoms. The lowest BCUT2D eigenvalue weighted by atomic mass is 10.2. The molecule has 0 aliphatic heterocycles. The third-order valence-corrected chi connectivity index (χ3v) is 5.12. The van der Waals surface area contributed by atoms with Crippen LogP contribution in [0.4, 0.5) is 0 Å². The molecule has 0 unspecified atom stereocenters. The van der Waals surface area contributed by atoms with Crippen LogP contribution < -0.4 is 15.7 Å². The zero-order valence-electron chi connectivity index (χ0n) is 14.8. The highest BCUT2D eigenvalue weighted by Crippen LogP contribution is 2.25. The minimum absolute atomic E-state index is 0.0900. The molecule has 0 aliphatic carbocycles. The summed E-state index contributed by atoms with van der Waals surface area (Å²) in [6.07, 6.45) is 3.08. The average molecular weight is 359 g/mol. The zero-order valence-corrected chi connectivity index (χ0v) is 15.6. The lowest BCUT2D eigenvalue weighted by Gasteiger charge is -2.09. The van der Waals surface area contributed by atoms with Gasteiger partial charge in [0.15, 0.2) is 5.75 Å². The Morgan fingerprint density at radius 2 is 2.08 bits per heavy atom. The summed E-state index contributed by atoms with van der Waals surface area (Å²) in [6.45, 7) is 8.71. The van der Waals surface area contributed by atoms with Gasteiger partial charge in [-0.15, -0.1) is 11.3 Å². The molecule has 0 aliphatic rings. The first-order valence-corrected chi connectivity index (χ1v) is 8.98. The summed E-state index contributed by atoms with van der Waals surface area (Å²) in [5, 5.41) is 0.657. The van der Waals surface area contributed by atoms with Crippen LogP contribution in [0.5, 0.6) is 5.75 Å². The molecule has 1 N–H and O–H groups in total. The van der Waals surface area contributed by atoms with Gasteiger partial charge in [0.2, 0.25) is 5.43 Å². The Kier molecular flexibility index (Phi) is 4.76. The number of pyridine rings is 1. The molecule has 7 heteroatoms. The monoisotopic (exact) mass is 359 g/mol. The molecule has 6 nitrogen and oxygen atoms in total. The van der Waals surface area contributed by atoms with Crippen LogP contribution in [0.1, 0.15) is 30.0 Å². The van der Waals surface area contributed by atoms with Crippen molar-refractivity contribution >= 4 is 21.6 Å². The smallest absolute Gasteiger partial charge is 0.262 e. The number of rotatable bonds is 5. The van der Waals surface area contributed by atoms with E-state index in [9.17, 15) is 9.59 Å². The van der Waals surface area contributed by atoms with Crippen molar-refractivity contribution in [3.05, 3.63) is 55.3 Å². The first kappa shape index (κ1) is 17.4. The van der Waals surface area contributed by atoms with Gasteiger partial charge in [-0.05, 0) is 25.3 Å². The first-order valence-electron chi connectivity index (χ1n) is 8.16. The van der Waals surface area contributed by atoms with Crippen LogP contribution in [-0.4, -0.2) is 21.1 Å². The molecule has 0 amide bonds. The first-order chi connectivity index (χ1) is 11.9. The van der Waals surface area contributed by atoms with Crippen molar-refractivity contribution in [2.45, 2.75) is 34.2 Å². The number of hydrogen-bond donors (Lipinski definition) is 1. The Morgan fingerprint density at radius 3 is 2.76 bits per heavy atom. The van der Waals surface area contributed by atoms with Crippen LogP contribution in [0.25, 0.3) is 10.2 Å². The quantitative estimate of drug-likeness (QED) is 0.760. The van der Waals surface area contributed by atoms with Crippen molar-refractivity contribution in [2.24, 2.45) is 5.92 Å². The summed E-state index contributed by atoms with van der Waals surface area (Å²) in [7, 11) is 0. The van der Waals surface area contributed by atoms with Crippen LogP contribution in [0, 0.1) is 19.8 Å². The van der Waals surface area contributed by atoms with Gasteiger partial charge in [0.25, 0.3) is 5.56 Å². The Hall–Kier alpha value is -2.41. The number of ether oxygens (including phenoxy) is 1. The molecule has 3 rings (SSSR count). The third-order valence-electron chi connectivity index (χ3n) is 4.01. The highest BCUT2D eigenvalue weighted by atomic mass is 32.1. The van der Waals surface area contributed by atoms with Crippen LogP contribution in [0.15, 0.2) is 28.2 Å². The number of fused-ring (bicyclic) bond motifs is 1. The molecule has 0 fully saturated rings. The maximum atomic E-state index is 12.7. The zero-order chi connectivity index (χ0) is 18.1. The highest BCUT2D eigenvalue weighted by molar-refractivity contribution is 7.18. The number of thiophene rings is 1. The van der Waals surface area contributed by atoms with Crippen molar-refractivity contribution in [3.63, 3.8) is 0 Å². The van der Waals surface area contributed by atoms with E-state index in [4.69, 9.17) is 4.74 Å². The topological polar surface area (TPSA) is 77.0 Å². The standard InChI is InChI=1S/C18H21N3O3S/c1-10(2)8-24-15-6-19-13(5-14(15)22)7-21-9-20-17-16(18(21)23)11(3)12(4)25-17/h5-6,9-10H,7-8H2,1-4H3,(H,19,22). The molecule has 132 valence electrons. The SMILES string of the molecule is Cc1sc2ncn(Cc3cc(=O)c(OCC(C)C)c[nH]3)c(=O)c2c1C. The van der Waals surface area contributed by atoms with E-state index in [1.165, 1.54) is 28.3 Å². The van der Waals surface area contributed by atoms with Crippen LogP contribution in [0.2, 0.25) is 0 Å². The Bertz CT molecular complexity index is 1030. The third kappa shape index (κ3) is 3.51. The van der Waals surface area contributed by atoms with E-state index in [0.29, 0.717) is 29.4 Å². The van der Waals surface area contributed by atoms with E-state index in [1.807, 2.05) is 27.7 Å². The lowest BCUT2D eigenvalue weighted by molar-refractivity contribution is 0.267. The fourth-order valence-electron chi connectivity index (χ4n) is 2.53. The molecule has 0 atom stereocenters. The maximum Gasteiger partial charge on any atom is 0.262 e. The van der Waals surface area contributed by atoms with E-state index in [1.54, 1.807) is 6.20 Å². The number of nitrogens with zero attached hydrogens (tertiary/aromatic N) is 2. The molecule has 25 heavy (non-hydrogen) atoms. The molecule has 3 heterocycles. The number of nitrogens with one attached hydrogen (secondary N) is 1. The highest BCUT2D eigenvalue weighted by Gasteiger charge is 2.13. The number of aryl methyl sites for hydroxylation is 2. The van der Waals surface area contributed by atoms with E-state index >= 15 is 0 Å². The molecule has 0 spiro atoms. The average Bonchev–Trinajstić information content (AvgIpc) is 2.84. The van der Waals surface area contributed by atoms with Crippen molar-refractivity contribution in [3.8, 4) is 5.75 Å². The van der Waals surface area contributed by atoms with Gasteiger partial charge in [-0.2, -0.15) is 0 Å². The maximum absolute atomic E-state index is 12.7. The van der Waals surface area contributed by atoms with Crippen molar-refractivity contribution in [1.29, 1.82) is 0 Å². The Labute approximate surface area is 149 Å². The molecular weight excluding hydrogens is 338 g/mol. The summed E-state index contributed by atoms with van der Waals surface area (Å²) < 4.78 is 7.00. The molecule has 3 aromatic rings.